The van der Waals surface area contributed by atoms with Gasteiger partial charge in [-0.25, -0.2) is 4.79 Å². The zero-order chi connectivity index (χ0) is 18.7. The van der Waals surface area contributed by atoms with E-state index in [-0.39, 0.29) is 24.1 Å². The first-order valence-electron chi connectivity index (χ1n) is 8.15. The molecule has 0 bridgehead atoms. The largest absolute Gasteiger partial charge is 0.477 e. The Morgan fingerprint density at radius 2 is 2.00 bits per heavy atom. The first-order valence-corrected chi connectivity index (χ1v) is 9.20. The minimum absolute atomic E-state index is 0.150. The van der Waals surface area contributed by atoms with Gasteiger partial charge in [0.2, 0.25) is 5.91 Å². The molecule has 8 nitrogen and oxygen atoms in total. The molecule has 2 aliphatic rings. The van der Waals surface area contributed by atoms with E-state index in [0.717, 1.165) is 0 Å². The number of nitrogens with one attached hydrogen (secondary N) is 1. The second-order valence-corrected chi connectivity index (χ2v) is 7.05. The molecule has 0 aromatic rings. The number of ether oxygens (including phenoxy) is 1. The highest BCUT2D eigenvalue weighted by Gasteiger charge is 2.54. The molecule has 25 heavy (non-hydrogen) atoms. The normalized spacial score (nSPS) is 22.4. The third-order valence-electron chi connectivity index (χ3n) is 4.35. The van der Waals surface area contributed by atoms with E-state index in [0.29, 0.717) is 24.2 Å². The smallest absolute Gasteiger partial charge is 0.352 e. The highest BCUT2D eigenvalue weighted by atomic mass is 32.2. The minimum atomic E-state index is -1.24. The summed E-state index contributed by atoms with van der Waals surface area (Å²) < 4.78 is 4.88. The Labute approximate surface area is 149 Å². The summed E-state index contributed by atoms with van der Waals surface area (Å²) in [5.41, 5.74) is 0.227. The first kappa shape index (κ1) is 19.3. The number of hydrogen-bond donors (Lipinski definition) is 2. The van der Waals surface area contributed by atoms with Crippen LogP contribution in [0.1, 0.15) is 33.6 Å². The molecule has 138 valence electrons. The van der Waals surface area contributed by atoms with Crippen molar-refractivity contribution in [2.45, 2.75) is 45.0 Å². The van der Waals surface area contributed by atoms with E-state index in [9.17, 15) is 24.3 Å². The number of carbonyl (C=O) groups is 4. The van der Waals surface area contributed by atoms with Crippen LogP contribution in [0.2, 0.25) is 0 Å². The maximum Gasteiger partial charge on any atom is 0.352 e. The molecule has 2 amide bonds. The van der Waals surface area contributed by atoms with Crippen LogP contribution < -0.4 is 5.32 Å². The van der Waals surface area contributed by atoms with Crippen LogP contribution in [-0.2, 0) is 23.9 Å². The number of fused-ring (bicyclic) bond motifs is 1. The third kappa shape index (κ3) is 3.81. The molecule has 1 saturated heterocycles. The Hall–Kier alpha value is -2.03. The van der Waals surface area contributed by atoms with Gasteiger partial charge >= 0.3 is 11.9 Å². The van der Waals surface area contributed by atoms with Gasteiger partial charge < -0.3 is 15.2 Å². The number of thioether (sulfide) groups is 1. The van der Waals surface area contributed by atoms with Crippen molar-refractivity contribution >= 4 is 35.5 Å². The maximum absolute atomic E-state index is 12.4. The molecule has 0 unspecified atom stereocenters. The lowest BCUT2D eigenvalue weighted by atomic mass is 9.99. The maximum atomic E-state index is 12.4. The number of carboxylic acids is 1. The standard InChI is InChI=1S/C16H22N2O6S/c1-4-9(5-2)13(20)17-11-14(21)18-12(16(22)23)10(6-24-8(3)19)7-25-15(11)18/h9,11,15H,4-7H2,1-3H3,(H,17,20)(H,22,23)/t11-,15+/m0/s1. The summed E-state index contributed by atoms with van der Waals surface area (Å²) in [6, 6.07) is -0.720. The van der Waals surface area contributed by atoms with Gasteiger partial charge in [-0.05, 0) is 12.8 Å². The van der Waals surface area contributed by atoms with E-state index in [1.807, 2.05) is 13.8 Å². The van der Waals surface area contributed by atoms with Crippen molar-refractivity contribution in [3.63, 3.8) is 0 Å². The van der Waals surface area contributed by atoms with Crippen LogP contribution in [0.5, 0.6) is 0 Å². The highest BCUT2D eigenvalue weighted by Crippen LogP contribution is 2.40. The molecule has 2 N–H and O–H groups in total. The molecule has 2 atom stereocenters. The van der Waals surface area contributed by atoms with Gasteiger partial charge in [0.15, 0.2) is 0 Å². The fourth-order valence-electron chi connectivity index (χ4n) is 2.91. The van der Waals surface area contributed by atoms with Crippen molar-refractivity contribution in [2.75, 3.05) is 12.4 Å². The number of β-lactam (4-membered cyclic amide) rings is 1. The summed E-state index contributed by atoms with van der Waals surface area (Å²) in [6.45, 7) is 4.89. The van der Waals surface area contributed by atoms with Gasteiger partial charge in [0.05, 0.1) is 0 Å². The average Bonchev–Trinajstić information content (AvgIpc) is 2.57. The minimum Gasteiger partial charge on any atom is -0.477 e. The van der Waals surface area contributed by atoms with Crippen LogP contribution in [0, 0.1) is 5.92 Å². The van der Waals surface area contributed by atoms with Crippen molar-refractivity contribution in [2.24, 2.45) is 5.92 Å². The van der Waals surface area contributed by atoms with Crippen molar-refractivity contribution in [3.8, 4) is 0 Å². The number of nitrogens with zero attached hydrogens (tertiary/aromatic N) is 1. The third-order valence-corrected chi connectivity index (χ3v) is 5.69. The van der Waals surface area contributed by atoms with Crippen molar-refractivity contribution < 1.29 is 29.0 Å². The summed E-state index contributed by atoms with van der Waals surface area (Å²) in [4.78, 5) is 48.3. The molecule has 2 heterocycles. The number of hydrogen-bond acceptors (Lipinski definition) is 6. The van der Waals surface area contributed by atoms with E-state index in [1.54, 1.807) is 0 Å². The Kier molecular flexibility index (Phi) is 6.10. The van der Waals surface area contributed by atoms with Crippen molar-refractivity contribution in [1.82, 2.24) is 10.2 Å². The van der Waals surface area contributed by atoms with Gasteiger partial charge in [-0.2, -0.15) is 0 Å². The molecule has 9 heteroatoms. The first-order chi connectivity index (χ1) is 11.8. The van der Waals surface area contributed by atoms with E-state index < -0.39 is 29.3 Å². The predicted molar refractivity (Wildman–Crippen MR) is 90.4 cm³/mol. The predicted octanol–water partition coefficient (Wildman–Crippen LogP) is 0.724. The molecule has 0 aromatic carbocycles. The molecule has 0 aromatic heterocycles. The van der Waals surface area contributed by atoms with Gasteiger partial charge in [0.1, 0.15) is 23.7 Å². The fourth-order valence-corrected chi connectivity index (χ4v) is 4.24. The van der Waals surface area contributed by atoms with Crippen LogP contribution in [-0.4, -0.2) is 57.5 Å². The van der Waals surface area contributed by atoms with Gasteiger partial charge in [0, 0.05) is 24.2 Å². The van der Waals surface area contributed by atoms with Gasteiger partial charge in [0.25, 0.3) is 5.91 Å². The Morgan fingerprint density at radius 1 is 1.36 bits per heavy atom. The van der Waals surface area contributed by atoms with E-state index in [1.165, 1.54) is 23.6 Å². The van der Waals surface area contributed by atoms with Crippen molar-refractivity contribution in [1.29, 1.82) is 0 Å². The second-order valence-electron chi connectivity index (χ2n) is 5.95. The van der Waals surface area contributed by atoms with Crippen LogP contribution >= 0.6 is 11.8 Å². The number of rotatable bonds is 7. The van der Waals surface area contributed by atoms with Crippen LogP contribution in [0.4, 0.5) is 0 Å². The number of esters is 1. The Balaban J connectivity index is 2.14. The van der Waals surface area contributed by atoms with Gasteiger partial charge in [-0.3, -0.25) is 19.3 Å². The number of aliphatic carboxylic acids is 1. The van der Waals surface area contributed by atoms with Crippen LogP contribution in [0.15, 0.2) is 11.3 Å². The van der Waals surface area contributed by atoms with Gasteiger partial charge in [-0.15, -0.1) is 11.8 Å². The van der Waals surface area contributed by atoms with Crippen LogP contribution in [0.3, 0.4) is 0 Å². The van der Waals surface area contributed by atoms with E-state index >= 15 is 0 Å². The molecule has 0 aliphatic carbocycles. The van der Waals surface area contributed by atoms with E-state index in [4.69, 9.17) is 4.74 Å². The summed E-state index contributed by atoms with van der Waals surface area (Å²) in [7, 11) is 0. The number of carbonyl (C=O) groups excluding carboxylic acids is 3. The second kappa shape index (κ2) is 7.90. The molecule has 0 saturated carbocycles. The fraction of sp³-hybridized carbons (Fsp3) is 0.625. The quantitative estimate of drug-likeness (QED) is 0.501. The average molecular weight is 370 g/mol. The number of amides is 2. The molecular weight excluding hydrogens is 348 g/mol. The zero-order valence-electron chi connectivity index (χ0n) is 14.4. The Morgan fingerprint density at radius 3 is 2.52 bits per heavy atom. The summed E-state index contributed by atoms with van der Waals surface area (Å²) >= 11 is 1.35. The van der Waals surface area contributed by atoms with Crippen LogP contribution in [0.25, 0.3) is 0 Å². The summed E-state index contributed by atoms with van der Waals surface area (Å²) in [5, 5.41) is 11.8. The molecular formula is C16H22N2O6S. The lowest BCUT2D eigenvalue weighted by Gasteiger charge is -2.49. The molecule has 0 spiro atoms. The Bertz CT molecular complexity index is 628. The van der Waals surface area contributed by atoms with Gasteiger partial charge in [-0.1, -0.05) is 13.8 Å². The lowest BCUT2D eigenvalue weighted by Crippen LogP contribution is -2.71. The molecule has 2 aliphatic heterocycles. The SMILES string of the molecule is CCC(CC)C(=O)N[C@H]1C(=O)N2C(C(=O)O)=C(COC(C)=O)CS[C@H]12. The summed E-state index contributed by atoms with van der Waals surface area (Å²) in [6.07, 6.45) is 1.36. The summed E-state index contributed by atoms with van der Waals surface area (Å²) in [5.74, 6) is -2.24. The molecule has 2 rings (SSSR count). The van der Waals surface area contributed by atoms with E-state index in [2.05, 4.69) is 5.32 Å². The number of carboxylic acid groups (broad SMARTS) is 1. The monoisotopic (exact) mass is 370 g/mol. The highest BCUT2D eigenvalue weighted by molar-refractivity contribution is 8.00. The zero-order valence-corrected chi connectivity index (χ0v) is 15.2. The van der Waals surface area contributed by atoms with Crippen molar-refractivity contribution in [3.05, 3.63) is 11.3 Å². The molecule has 0 radical (unpaired) electrons. The molecule has 1 fully saturated rings. The lowest BCUT2D eigenvalue weighted by molar-refractivity contribution is -0.151. The topological polar surface area (TPSA) is 113 Å².